The van der Waals surface area contributed by atoms with Gasteiger partial charge in [-0.3, -0.25) is 37.0 Å². The van der Waals surface area contributed by atoms with E-state index in [4.69, 9.17) is 38.0 Å². The van der Waals surface area contributed by atoms with Crippen molar-refractivity contribution in [1.29, 1.82) is 0 Å². The molecule has 59 heavy (non-hydrogen) atoms. The van der Waals surface area contributed by atoms with Crippen molar-refractivity contribution in [3.63, 3.8) is 0 Å². The summed E-state index contributed by atoms with van der Waals surface area (Å²) in [5.74, 6) is -0.767. The van der Waals surface area contributed by atoms with E-state index in [1.54, 1.807) is 0 Å². The van der Waals surface area contributed by atoms with Crippen LogP contribution in [-0.2, 0) is 42.5 Å². The van der Waals surface area contributed by atoms with Gasteiger partial charge >= 0.3 is 26.3 Å². The normalized spacial score (nSPS) is 31.2. The first-order chi connectivity index (χ1) is 28.2. The summed E-state index contributed by atoms with van der Waals surface area (Å²) in [5, 5.41) is 9.49. The van der Waals surface area contributed by atoms with Gasteiger partial charge in [-0.2, -0.15) is 0 Å². The van der Waals surface area contributed by atoms with E-state index in [1.165, 1.54) is 59.4 Å². The molecule has 0 spiro atoms. The number of phosphoric ester groups is 1. The number of carbonyl (C=O) groups excluding carboxylic acids is 1. The summed E-state index contributed by atoms with van der Waals surface area (Å²) in [5.41, 5.74) is 4.84. The summed E-state index contributed by atoms with van der Waals surface area (Å²) in [6.45, 7) is -6.50. The molecule has 312 valence electrons. The van der Waals surface area contributed by atoms with E-state index >= 15 is 8.78 Å². The van der Waals surface area contributed by atoms with Crippen molar-refractivity contribution in [3.8, 4) is 11.5 Å². The Morgan fingerprint density at radius 3 is 2.39 bits per heavy atom. The molecule has 3 aliphatic rings. The molecule has 0 aliphatic carbocycles. The highest BCUT2D eigenvalue weighted by Crippen LogP contribution is 2.64. The highest BCUT2D eigenvalue weighted by atomic mass is 32.7. The third kappa shape index (κ3) is 8.59. The summed E-state index contributed by atoms with van der Waals surface area (Å²) >= 11 is 0.550. The number of halogens is 2. The fourth-order valence-corrected chi connectivity index (χ4v) is 10.7. The van der Waals surface area contributed by atoms with Gasteiger partial charge in [0.15, 0.2) is 36.3 Å². The van der Waals surface area contributed by atoms with Gasteiger partial charge in [-0.25, -0.2) is 42.5 Å². The Balaban J connectivity index is 1.08. The molecular formula is C33H31F2N7O14P2S. The number of hydrogen-bond acceptors (Lipinski definition) is 18. The maximum absolute atomic E-state index is 16.4. The lowest BCUT2D eigenvalue weighted by molar-refractivity contribution is -0.0640. The van der Waals surface area contributed by atoms with Crippen LogP contribution in [0.5, 0.6) is 11.5 Å². The minimum absolute atomic E-state index is 0.0289. The maximum atomic E-state index is 16.4. The van der Waals surface area contributed by atoms with Gasteiger partial charge in [0.2, 0.25) is 0 Å². The summed E-state index contributed by atoms with van der Waals surface area (Å²) < 4.78 is 102. The Morgan fingerprint density at radius 2 is 1.64 bits per heavy atom. The van der Waals surface area contributed by atoms with Crippen molar-refractivity contribution in [3.05, 3.63) is 105 Å². The number of benzene rings is 2. The number of phosphoric acid groups is 1. The number of aromatic nitrogens is 6. The fourth-order valence-electron chi connectivity index (χ4n) is 6.36. The first-order valence-corrected chi connectivity index (χ1v) is 22.0. The topological polar surface area (TPSA) is 281 Å². The van der Waals surface area contributed by atoms with Crippen LogP contribution in [0.3, 0.4) is 0 Å². The van der Waals surface area contributed by atoms with Gasteiger partial charge in [0.05, 0.1) is 25.1 Å². The highest BCUT2D eigenvalue weighted by molar-refractivity contribution is 8.54. The lowest BCUT2D eigenvalue weighted by atomic mass is 10.1. The molecule has 0 amide bonds. The SMILES string of the molecule is Nc1ncnc2c1ncn2[C@@H]1O[C@@H]2COP(=O)(SCc3ccc(OC(=O)c4ccc(O)cc4)cc3)O[C@H]3[C@@H](F)[C@H](n4ccc(=O)[nH]c4=O)O[C@@H]3COP(=O)(O)O[C@@H]1[C@@H]2F. The summed E-state index contributed by atoms with van der Waals surface area (Å²) in [6.07, 6.45) is -11.9. The molecule has 5 aromatic rings. The number of fused-ring (bicyclic) bond motifs is 4. The van der Waals surface area contributed by atoms with Gasteiger partial charge in [0.25, 0.3) is 5.56 Å². The number of ether oxygens (including phenoxy) is 3. The predicted octanol–water partition coefficient (Wildman–Crippen LogP) is 3.31. The van der Waals surface area contributed by atoms with Crippen molar-refractivity contribution < 1.29 is 65.0 Å². The Kier molecular flexibility index (Phi) is 11.3. The summed E-state index contributed by atoms with van der Waals surface area (Å²) in [6, 6.07) is 12.3. The lowest BCUT2D eigenvalue weighted by Crippen LogP contribution is -2.36. The Bertz CT molecular complexity index is 2590. The van der Waals surface area contributed by atoms with E-state index in [0.717, 1.165) is 18.6 Å². The standard InChI is InChI=1S/C33H31F2N7O14P2S/c34-23-20-11-51-58(49,59-13-16-1-7-19(8-2-16)52-32(45)17-3-5-18(43)6-4-17)56-26-21(54-30(24(26)35)41-10-9-22(44)40-33(41)46)12-50-57(47,48)55-27(23)31(53-20)42-15-39-25-28(36)37-14-38-29(25)42/h1-10,14-15,20-21,23-24,26-27,30-31,43H,11-13H2,(H,47,48)(H2,36,37,38)(H,40,44,46)/t20-,21-,23-,24-,26-,27-,30-,31-,58?/m1/s1. The number of phenolic OH excluding ortho intramolecular Hbond substituents is 1. The minimum Gasteiger partial charge on any atom is -0.508 e. The number of H-pyrrole nitrogens is 1. The van der Waals surface area contributed by atoms with Gasteiger partial charge in [-0.1, -0.05) is 12.1 Å². The molecule has 8 rings (SSSR count). The third-order valence-corrected chi connectivity index (χ3v) is 13.9. The van der Waals surface area contributed by atoms with E-state index in [9.17, 15) is 33.5 Å². The fraction of sp³-hybridized carbons (Fsp3) is 0.333. The van der Waals surface area contributed by atoms with Crippen molar-refractivity contribution >= 4 is 49.0 Å². The Labute approximate surface area is 333 Å². The van der Waals surface area contributed by atoms with Crippen LogP contribution in [0, 0.1) is 0 Å². The lowest BCUT2D eigenvalue weighted by Gasteiger charge is -2.27. The smallest absolute Gasteiger partial charge is 0.472 e. The minimum atomic E-state index is -5.28. The van der Waals surface area contributed by atoms with Crippen molar-refractivity contribution in [2.24, 2.45) is 0 Å². The first-order valence-electron chi connectivity index (χ1n) is 17.3. The molecule has 3 aliphatic heterocycles. The van der Waals surface area contributed by atoms with Crippen LogP contribution in [-0.4, -0.2) is 95.0 Å². The zero-order chi connectivity index (χ0) is 41.6. The number of nitrogen functional groups attached to an aromatic ring is 1. The Hall–Kier alpha value is -4.87. The molecule has 21 nitrogen and oxygen atoms in total. The number of alkyl halides is 2. The molecule has 3 aromatic heterocycles. The number of carbonyl (C=O) groups is 1. The van der Waals surface area contributed by atoms with Crippen molar-refractivity contribution in [2.45, 2.75) is 55.0 Å². The number of esters is 1. The van der Waals surface area contributed by atoms with Crippen LogP contribution in [0.1, 0.15) is 28.4 Å². The van der Waals surface area contributed by atoms with Crippen LogP contribution in [0.15, 0.2) is 83.0 Å². The molecule has 0 saturated carbocycles. The highest BCUT2D eigenvalue weighted by Gasteiger charge is 2.55. The second-order valence-corrected chi connectivity index (χ2v) is 18.6. The number of nitrogens with one attached hydrogen (secondary N) is 1. The second-order valence-electron chi connectivity index (χ2n) is 13.1. The number of hydrogen-bond donors (Lipinski definition) is 4. The number of rotatable bonds is 7. The predicted molar refractivity (Wildman–Crippen MR) is 199 cm³/mol. The molecule has 2 aromatic carbocycles. The molecule has 6 heterocycles. The molecule has 26 heteroatoms. The van der Waals surface area contributed by atoms with Crippen LogP contribution in [0.25, 0.3) is 11.2 Å². The number of phenols is 1. The quantitative estimate of drug-likeness (QED) is 0.104. The van der Waals surface area contributed by atoms with Gasteiger partial charge < -0.3 is 29.9 Å². The molecule has 10 atom stereocenters. The molecule has 3 fully saturated rings. The van der Waals surface area contributed by atoms with Crippen LogP contribution >= 0.6 is 26.0 Å². The Morgan fingerprint density at radius 1 is 0.915 bits per heavy atom. The largest absolute Gasteiger partial charge is 0.508 e. The summed E-state index contributed by atoms with van der Waals surface area (Å²) in [7, 11) is -5.28. The van der Waals surface area contributed by atoms with Crippen molar-refractivity contribution in [1.82, 2.24) is 29.1 Å². The van der Waals surface area contributed by atoms with Crippen molar-refractivity contribution in [2.75, 3.05) is 18.9 Å². The van der Waals surface area contributed by atoms with Crippen LogP contribution < -0.4 is 21.7 Å². The third-order valence-electron chi connectivity index (χ3n) is 9.25. The van der Waals surface area contributed by atoms with Gasteiger partial charge in [0, 0.05) is 18.0 Å². The zero-order valence-electron chi connectivity index (χ0n) is 29.8. The summed E-state index contributed by atoms with van der Waals surface area (Å²) in [4.78, 5) is 61.8. The zero-order valence-corrected chi connectivity index (χ0v) is 32.4. The monoisotopic (exact) mass is 881 g/mol. The average molecular weight is 882 g/mol. The first kappa shape index (κ1) is 40.9. The number of imidazole rings is 1. The second kappa shape index (κ2) is 16.3. The van der Waals surface area contributed by atoms with Gasteiger partial charge in [-0.05, 0) is 53.3 Å². The van der Waals surface area contributed by atoms with E-state index < -0.39 is 94.3 Å². The number of aromatic amines is 1. The molecular weight excluding hydrogens is 850 g/mol. The molecule has 5 N–H and O–H groups in total. The van der Waals surface area contributed by atoms with Crippen LogP contribution in [0.2, 0.25) is 0 Å². The number of nitrogens with two attached hydrogens (primary N) is 1. The molecule has 2 bridgehead atoms. The van der Waals surface area contributed by atoms with E-state index in [2.05, 4.69) is 15.0 Å². The van der Waals surface area contributed by atoms with E-state index in [-0.39, 0.29) is 39.8 Å². The number of nitrogens with zero attached hydrogens (tertiary/aromatic N) is 5. The van der Waals surface area contributed by atoms with Gasteiger partial charge in [0.1, 0.15) is 47.8 Å². The molecule has 2 unspecified atom stereocenters. The number of aromatic hydroxyl groups is 1. The number of anilines is 1. The van der Waals surface area contributed by atoms with Gasteiger partial charge in [-0.15, -0.1) is 0 Å². The average Bonchev–Trinajstić information content (AvgIpc) is 3.86. The van der Waals surface area contributed by atoms with E-state index in [0.29, 0.717) is 21.5 Å². The molecule has 3 saturated heterocycles. The van der Waals surface area contributed by atoms with Crippen LogP contribution in [0.4, 0.5) is 14.6 Å². The van der Waals surface area contributed by atoms with E-state index in [1.807, 2.05) is 4.98 Å². The maximum Gasteiger partial charge on any atom is 0.472 e. The molecule has 0 radical (unpaired) electrons.